The molecule has 2 amide bonds. The van der Waals surface area contributed by atoms with Gasteiger partial charge in [0.15, 0.2) is 0 Å². The van der Waals surface area contributed by atoms with Crippen molar-refractivity contribution in [2.24, 2.45) is 5.92 Å². The number of piperidine rings is 1. The van der Waals surface area contributed by atoms with Crippen molar-refractivity contribution in [3.05, 3.63) is 65.7 Å². The number of benzene rings is 2. The van der Waals surface area contributed by atoms with Gasteiger partial charge in [-0.25, -0.2) is 4.79 Å². The smallest absolute Gasteiger partial charge is 0.410 e. The average molecular weight is 352 g/mol. The van der Waals surface area contributed by atoms with Crippen LogP contribution in [0.5, 0.6) is 0 Å². The van der Waals surface area contributed by atoms with Crippen LogP contribution in [0.25, 0.3) is 0 Å². The molecule has 1 saturated heterocycles. The van der Waals surface area contributed by atoms with Gasteiger partial charge in [-0.1, -0.05) is 48.0 Å². The lowest BCUT2D eigenvalue weighted by Crippen LogP contribution is -2.41. The molecule has 2 aromatic rings. The summed E-state index contributed by atoms with van der Waals surface area (Å²) < 4.78 is 5.36. The Morgan fingerprint density at radius 1 is 1.04 bits per heavy atom. The molecule has 0 bridgehead atoms. The summed E-state index contributed by atoms with van der Waals surface area (Å²) in [6.45, 7) is 3.37. The van der Waals surface area contributed by atoms with Gasteiger partial charge in [0.25, 0.3) is 0 Å². The van der Waals surface area contributed by atoms with E-state index in [0.29, 0.717) is 25.9 Å². The molecule has 0 spiro atoms. The molecule has 1 aliphatic heterocycles. The number of nitrogens with zero attached hydrogens (tertiary/aromatic N) is 1. The number of ether oxygens (including phenoxy) is 1. The highest BCUT2D eigenvalue weighted by Crippen LogP contribution is 2.20. The lowest BCUT2D eigenvalue weighted by molar-refractivity contribution is -0.121. The molecule has 0 aliphatic carbocycles. The van der Waals surface area contributed by atoms with Crippen LogP contribution in [0.15, 0.2) is 54.6 Å². The number of hydrogen-bond acceptors (Lipinski definition) is 3. The van der Waals surface area contributed by atoms with Crippen LogP contribution >= 0.6 is 0 Å². The van der Waals surface area contributed by atoms with Crippen molar-refractivity contribution in [2.45, 2.75) is 26.4 Å². The molecular weight excluding hydrogens is 328 g/mol. The molecule has 1 N–H and O–H groups in total. The minimum absolute atomic E-state index is 0.0196. The Hall–Kier alpha value is -2.82. The van der Waals surface area contributed by atoms with Crippen LogP contribution in [0, 0.1) is 12.8 Å². The van der Waals surface area contributed by atoms with E-state index in [0.717, 1.165) is 16.8 Å². The van der Waals surface area contributed by atoms with Crippen molar-refractivity contribution in [1.82, 2.24) is 4.90 Å². The van der Waals surface area contributed by atoms with E-state index in [4.69, 9.17) is 4.74 Å². The first-order valence-corrected chi connectivity index (χ1v) is 8.95. The first kappa shape index (κ1) is 18.0. The molecular formula is C21H24N2O3. The Morgan fingerprint density at radius 3 is 2.35 bits per heavy atom. The van der Waals surface area contributed by atoms with Gasteiger partial charge in [-0.2, -0.15) is 0 Å². The summed E-state index contributed by atoms with van der Waals surface area (Å²) >= 11 is 0. The second-order valence-electron chi connectivity index (χ2n) is 6.66. The van der Waals surface area contributed by atoms with Gasteiger partial charge in [-0.15, -0.1) is 0 Å². The lowest BCUT2D eigenvalue weighted by atomic mass is 9.96. The third-order valence-corrected chi connectivity index (χ3v) is 4.65. The average Bonchev–Trinajstić information content (AvgIpc) is 2.69. The van der Waals surface area contributed by atoms with Gasteiger partial charge in [-0.3, -0.25) is 4.79 Å². The van der Waals surface area contributed by atoms with E-state index in [-0.39, 0.29) is 24.5 Å². The monoisotopic (exact) mass is 352 g/mol. The molecule has 0 atom stereocenters. The summed E-state index contributed by atoms with van der Waals surface area (Å²) in [6.07, 6.45) is 0.988. The highest BCUT2D eigenvalue weighted by Gasteiger charge is 2.28. The summed E-state index contributed by atoms with van der Waals surface area (Å²) in [6, 6.07) is 17.4. The fraction of sp³-hybridized carbons (Fsp3) is 0.333. The van der Waals surface area contributed by atoms with Gasteiger partial charge in [-0.05, 0) is 37.5 Å². The maximum absolute atomic E-state index is 12.4. The zero-order valence-corrected chi connectivity index (χ0v) is 15.0. The highest BCUT2D eigenvalue weighted by molar-refractivity contribution is 5.92. The van der Waals surface area contributed by atoms with E-state index >= 15 is 0 Å². The molecule has 136 valence electrons. The van der Waals surface area contributed by atoms with E-state index in [1.165, 1.54) is 0 Å². The van der Waals surface area contributed by atoms with Crippen molar-refractivity contribution in [2.75, 3.05) is 18.4 Å². The number of amides is 2. The number of hydrogen-bond donors (Lipinski definition) is 1. The molecule has 1 heterocycles. The molecule has 0 saturated carbocycles. The van der Waals surface area contributed by atoms with Crippen LogP contribution in [0.2, 0.25) is 0 Å². The maximum atomic E-state index is 12.4. The van der Waals surface area contributed by atoms with Crippen LogP contribution in [-0.4, -0.2) is 30.0 Å². The van der Waals surface area contributed by atoms with Crippen LogP contribution in [0.4, 0.5) is 10.5 Å². The van der Waals surface area contributed by atoms with Crippen LogP contribution in [-0.2, 0) is 16.1 Å². The van der Waals surface area contributed by atoms with E-state index in [9.17, 15) is 9.59 Å². The second kappa shape index (κ2) is 8.52. The normalized spacial score (nSPS) is 14.7. The topological polar surface area (TPSA) is 58.6 Å². The molecule has 0 aromatic heterocycles. The first-order chi connectivity index (χ1) is 12.6. The number of carbonyl (C=O) groups is 2. The van der Waals surface area contributed by atoms with E-state index in [2.05, 4.69) is 5.32 Å². The zero-order valence-electron chi connectivity index (χ0n) is 15.0. The van der Waals surface area contributed by atoms with E-state index < -0.39 is 0 Å². The van der Waals surface area contributed by atoms with Crippen molar-refractivity contribution < 1.29 is 14.3 Å². The number of carbonyl (C=O) groups excluding carboxylic acids is 2. The van der Waals surface area contributed by atoms with Crippen molar-refractivity contribution >= 4 is 17.7 Å². The summed E-state index contributed by atoms with van der Waals surface area (Å²) in [4.78, 5) is 26.2. The molecule has 5 heteroatoms. The lowest BCUT2D eigenvalue weighted by Gasteiger charge is -2.30. The Kier molecular flexibility index (Phi) is 5.89. The number of anilines is 1. The van der Waals surface area contributed by atoms with Gasteiger partial charge in [0.2, 0.25) is 5.91 Å². The van der Waals surface area contributed by atoms with Gasteiger partial charge in [0, 0.05) is 24.7 Å². The first-order valence-electron chi connectivity index (χ1n) is 8.95. The van der Waals surface area contributed by atoms with Crippen molar-refractivity contribution in [3.8, 4) is 0 Å². The minimum atomic E-state index is -0.314. The minimum Gasteiger partial charge on any atom is -0.445 e. The Balaban J connectivity index is 1.43. The van der Waals surface area contributed by atoms with E-state index in [1.54, 1.807) is 4.90 Å². The molecule has 1 aliphatic rings. The summed E-state index contributed by atoms with van der Waals surface area (Å²) in [5.74, 6) is -0.0550. The Labute approximate surface area is 154 Å². The number of rotatable bonds is 4. The largest absolute Gasteiger partial charge is 0.445 e. The quantitative estimate of drug-likeness (QED) is 0.905. The van der Waals surface area contributed by atoms with Gasteiger partial charge in [0.1, 0.15) is 6.61 Å². The summed E-state index contributed by atoms with van der Waals surface area (Å²) in [5.41, 5.74) is 2.93. The van der Waals surface area contributed by atoms with Gasteiger partial charge < -0.3 is 15.0 Å². The fourth-order valence-electron chi connectivity index (χ4n) is 3.02. The Bertz CT molecular complexity index is 736. The highest BCUT2D eigenvalue weighted by atomic mass is 16.6. The standard InChI is InChI=1S/C21H24N2O3/c1-16-7-9-19(10-8-16)22-20(24)18-11-13-23(14-12-18)21(25)26-15-17-5-3-2-4-6-17/h2-10,18H,11-15H2,1H3,(H,22,24). The summed E-state index contributed by atoms with van der Waals surface area (Å²) in [7, 11) is 0. The number of aryl methyl sites for hydroxylation is 1. The van der Waals surface area contributed by atoms with Gasteiger partial charge in [0.05, 0.1) is 0 Å². The molecule has 5 nitrogen and oxygen atoms in total. The second-order valence-corrected chi connectivity index (χ2v) is 6.66. The zero-order chi connectivity index (χ0) is 18.4. The maximum Gasteiger partial charge on any atom is 0.410 e. The van der Waals surface area contributed by atoms with Crippen LogP contribution in [0.1, 0.15) is 24.0 Å². The SMILES string of the molecule is Cc1ccc(NC(=O)C2CCN(C(=O)OCc3ccccc3)CC2)cc1. The van der Waals surface area contributed by atoms with E-state index in [1.807, 2.05) is 61.5 Å². The molecule has 0 radical (unpaired) electrons. The van der Waals surface area contributed by atoms with Crippen LogP contribution < -0.4 is 5.32 Å². The van der Waals surface area contributed by atoms with Crippen LogP contribution in [0.3, 0.4) is 0 Å². The van der Waals surface area contributed by atoms with Gasteiger partial charge >= 0.3 is 6.09 Å². The number of nitrogens with one attached hydrogen (secondary N) is 1. The van der Waals surface area contributed by atoms with Crippen molar-refractivity contribution in [1.29, 1.82) is 0 Å². The third-order valence-electron chi connectivity index (χ3n) is 4.65. The number of likely N-dealkylation sites (tertiary alicyclic amines) is 1. The third kappa shape index (κ3) is 4.85. The predicted molar refractivity (Wildman–Crippen MR) is 101 cm³/mol. The Morgan fingerprint density at radius 2 is 1.69 bits per heavy atom. The molecule has 26 heavy (non-hydrogen) atoms. The predicted octanol–water partition coefficient (Wildman–Crippen LogP) is 3.98. The molecule has 2 aromatic carbocycles. The molecule has 0 unspecified atom stereocenters. The fourth-order valence-corrected chi connectivity index (χ4v) is 3.02. The summed E-state index contributed by atoms with van der Waals surface area (Å²) in [5, 5.41) is 2.96. The van der Waals surface area contributed by atoms with Crippen molar-refractivity contribution in [3.63, 3.8) is 0 Å². The molecule has 1 fully saturated rings. The molecule has 3 rings (SSSR count).